The number of aryl methyl sites for hydroxylation is 1. The highest BCUT2D eigenvalue weighted by molar-refractivity contribution is 7.91. The summed E-state index contributed by atoms with van der Waals surface area (Å²) in [6.45, 7) is 10.7. The first-order valence-corrected chi connectivity index (χ1v) is 10.1. The van der Waals surface area contributed by atoms with E-state index in [1.54, 1.807) is 0 Å². The lowest BCUT2D eigenvalue weighted by molar-refractivity contribution is 0.598. The van der Waals surface area contributed by atoms with Crippen LogP contribution in [-0.2, 0) is 11.2 Å². The minimum absolute atomic E-state index is 0.609. The SMILES string of the molecule is CC(C)=CCC/C(C)=C/CC/C(C)=C/C[S+]([O-])c1ccc(C)cc1. The average Bonchev–Trinajstić information content (AvgIpc) is 2.53. The van der Waals surface area contributed by atoms with E-state index in [4.69, 9.17) is 0 Å². The van der Waals surface area contributed by atoms with E-state index >= 15 is 0 Å². The van der Waals surface area contributed by atoms with Crippen LogP contribution in [0.5, 0.6) is 0 Å². The molecule has 2 heteroatoms. The van der Waals surface area contributed by atoms with Gasteiger partial charge in [-0.05, 0) is 89.7 Å². The topological polar surface area (TPSA) is 23.1 Å². The molecule has 0 aliphatic heterocycles. The van der Waals surface area contributed by atoms with E-state index in [0.717, 1.165) is 30.6 Å². The third kappa shape index (κ3) is 9.14. The van der Waals surface area contributed by atoms with Crippen molar-refractivity contribution in [2.75, 3.05) is 5.75 Å². The van der Waals surface area contributed by atoms with Crippen molar-refractivity contribution in [1.82, 2.24) is 0 Å². The van der Waals surface area contributed by atoms with Crippen molar-refractivity contribution >= 4 is 11.2 Å². The van der Waals surface area contributed by atoms with E-state index in [0.29, 0.717) is 5.75 Å². The molecule has 0 spiro atoms. The van der Waals surface area contributed by atoms with Crippen molar-refractivity contribution in [1.29, 1.82) is 0 Å². The molecule has 1 aromatic carbocycles. The molecule has 24 heavy (non-hydrogen) atoms. The Balaban J connectivity index is 2.36. The van der Waals surface area contributed by atoms with Crippen molar-refractivity contribution in [2.45, 2.75) is 65.2 Å². The molecule has 0 heterocycles. The summed E-state index contributed by atoms with van der Waals surface area (Å²) >= 11 is -0.934. The van der Waals surface area contributed by atoms with Crippen LogP contribution < -0.4 is 0 Å². The maximum absolute atomic E-state index is 12.3. The zero-order valence-electron chi connectivity index (χ0n) is 15.9. The fourth-order valence-corrected chi connectivity index (χ4v) is 3.41. The third-order valence-corrected chi connectivity index (χ3v) is 5.26. The van der Waals surface area contributed by atoms with Gasteiger partial charge in [0.15, 0.2) is 4.90 Å². The largest absolute Gasteiger partial charge is 0.611 e. The second kappa shape index (κ2) is 11.3. The number of allylic oxidation sites excluding steroid dienone is 5. The normalized spacial score (nSPS) is 13.8. The Morgan fingerprint density at radius 3 is 2.00 bits per heavy atom. The van der Waals surface area contributed by atoms with Gasteiger partial charge in [0.2, 0.25) is 0 Å². The molecule has 0 aromatic heterocycles. The summed E-state index contributed by atoms with van der Waals surface area (Å²) in [7, 11) is 0. The number of hydrogen-bond donors (Lipinski definition) is 0. The molecular weight excluding hydrogens is 312 g/mol. The average molecular weight is 345 g/mol. The highest BCUT2D eigenvalue weighted by atomic mass is 32.2. The number of benzene rings is 1. The molecule has 0 amide bonds. The molecule has 1 nitrogen and oxygen atoms in total. The van der Waals surface area contributed by atoms with E-state index in [1.165, 1.54) is 22.3 Å². The van der Waals surface area contributed by atoms with Gasteiger partial charge in [-0.2, -0.15) is 0 Å². The van der Waals surface area contributed by atoms with Crippen molar-refractivity contribution in [3.8, 4) is 0 Å². The van der Waals surface area contributed by atoms with Crippen molar-refractivity contribution < 1.29 is 4.55 Å². The predicted octanol–water partition coefficient (Wildman–Crippen LogP) is 6.52. The maximum Gasteiger partial charge on any atom is 0.153 e. The van der Waals surface area contributed by atoms with Gasteiger partial charge in [-0.25, -0.2) is 0 Å². The van der Waals surface area contributed by atoms with Gasteiger partial charge < -0.3 is 4.55 Å². The first-order valence-electron chi connectivity index (χ1n) is 8.78. The van der Waals surface area contributed by atoms with Gasteiger partial charge >= 0.3 is 0 Å². The lowest BCUT2D eigenvalue weighted by Gasteiger charge is -2.09. The molecule has 1 atom stereocenters. The minimum Gasteiger partial charge on any atom is -0.611 e. The summed E-state index contributed by atoms with van der Waals surface area (Å²) < 4.78 is 12.3. The van der Waals surface area contributed by atoms with Crippen LogP contribution in [0.3, 0.4) is 0 Å². The lowest BCUT2D eigenvalue weighted by atomic mass is 10.1. The van der Waals surface area contributed by atoms with Gasteiger partial charge in [0.1, 0.15) is 5.75 Å². The Labute approximate surface area is 151 Å². The number of rotatable bonds is 9. The number of hydrogen-bond acceptors (Lipinski definition) is 1. The van der Waals surface area contributed by atoms with Gasteiger partial charge in [-0.15, -0.1) is 0 Å². The zero-order valence-corrected chi connectivity index (χ0v) is 16.7. The van der Waals surface area contributed by atoms with Crippen LogP contribution in [0.25, 0.3) is 0 Å². The summed E-state index contributed by atoms with van der Waals surface area (Å²) in [5.41, 5.74) is 5.38. The maximum atomic E-state index is 12.3. The predicted molar refractivity (Wildman–Crippen MR) is 108 cm³/mol. The lowest BCUT2D eigenvalue weighted by Crippen LogP contribution is -2.05. The highest BCUT2D eigenvalue weighted by Crippen LogP contribution is 2.15. The first-order chi connectivity index (χ1) is 11.4. The van der Waals surface area contributed by atoms with Crippen LogP contribution in [-0.4, -0.2) is 10.3 Å². The van der Waals surface area contributed by atoms with Crippen LogP contribution in [0.2, 0.25) is 0 Å². The van der Waals surface area contributed by atoms with Crippen LogP contribution in [0.15, 0.2) is 64.1 Å². The third-order valence-electron chi connectivity index (χ3n) is 3.99. The molecule has 0 aliphatic rings. The second-order valence-electron chi connectivity index (χ2n) is 6.79. The molecule has 0 radical (unpaired) electrons. The molecular formula is C22H32OS. The monoisotopic (exact) mass is 344 g/mol. The summed E-state index contributed by atoms with van der Waals surface area (Å²) in [4.78, 5) is 0.916. The van der Waals surface area contributed by atoms with Gasteiger partial charge in [-0.1, -0.05) is 46.6 Å². The highest BCUT2D eigenvalue weighted by Gasteiger charge is 2.08. The molecule has 0 aliphatic carbocycles. The molecule has 0 bridgehead atoms. The van der Waals surface area contributed by atoms with Gasteiger partial charge in [0.05, 0.1) is 0 Å². The van der Waals surface area contributed by atoms with E-state index in [-0.39, 0.29) is 0 Å². The van der Waals surface area contributed by atoms with Crippen molar-refractivity contribution in [3.05, 3.63) is 64.8 Å². The molecule has 0 fully saturated rings. The molecule has 1 rings (SSSR count). The summed E-state index contributed by atoms with van der Waals surface area (Å²) in [6, 6.07) is 7.97. The van der Waals surface area contributed by atoms with Crippen molar-refractivity contribution in [3.63, 3.8) is 0 Å². The molecule has 1 unspecified atom stereocenters. The molecule has 1 aromatic rings. The zero-order chi connectivity index (χ0) is 17.9. The molecule has 132 valence electrons. The summed E-state index contributed by atoms with van der Waals surface area (Å²) in [5.74, 6) is 0.609. The second-order valence-corrected chi connectivity index (χ2v) is 8.28. The van der Waals surface area contributed by atoms with Crippen LogP contribution in [0.4, 0.5) is 0 Å². The Morgan fingerprint density at radius 2 is 1.42 bits per heavy atom. The van der Waals surface area contributed by atoms with E-state index in [1.807, 2.05) is 31.2 Å². The summed E-state index contributed by atoms with van der Waals surface area (Å²) in [6.07, 6.45) is 11.2. The standard InChI is InChI=1S/C22H32OS/c1-18(2)8-6-9-19(3)10-7-11-20(4)16-17-24(23)22-14-12-21(5)13-15-22/h8,10,12-16H,6-7,9,11,17H2,1-5H3/b19-10+,20-16+. The molecule has 0 N–H and O–H groups in total. The van der Waals surface area contributed by atoms with E-state index in [9.17, 15) is 4.55 Å². The fourth-order valence-electron chi connectivity index (χ4n) is 2.34. The van der Waals surface area contributed by atoms with Crippen molar-refractivity contribution in [2.24, 2.45) is 0 Å². The van der Waals surface area contributed by atoms with Crippen LogP contribution in [0.1, 0.15) is 58.9 Å². The Kier molecular flexibility index (Phi) is 9.82. The van der Waals surface area contributed by atoms with Crippen LogP contribution in [0, 0.1) is 6.92 Å². The Hall–Kier alpha value is -1.25. The molecule has 0 saturated carbocycles. The Bertz CT molecular complexity index is 574. The Morgan fingerprint density at radius 1 is 0.875 bits per heavy atom. The van der Waals surface area contributed by atoms with E-state index in [2.05, 4.69) is 45.9 Å². The van der Waals surface area contributed by atoms with Crippen LogP contribution >= 0.6 is 0 Å². The smallest absolute Gasteiger partial charge is 0.153 e. The van der Waals surface area contributed by atoms with E-state index < -0.39 is 11.2 Å². The molecule has 0 saturated heterocycles. The van der Waals surface area contributed by atoms with Gasteiger partial charge in [-0.3, -0.25) is 0 Å². The van der Waals surface area contributed by atoms with Gasteiger partial charge in [0, 0.05) is 0 Å². The van der Waals surface area contributed by atoms with Gasteiger partial charge in [0.25, 0.3) is 0 Å². The quantitative estimate of drug-likeness (QED) is 0.369. The first kappa shape index (κ1) is 20.8. The fraction of sp³-hybridized carbons (Fsp3) is 0.455. The summed E-state index contributed by atoms with van der Waals surface area (Å²) in [5, 5.41) is 0. The minimum atomic E-state index is -0.934.